The Hall–Kier alpha value is -1.93. The first-order valence-corrected chi connectivity index (χ1v) is 7.76. The van der Waals surface area contributed by atoms with Crippen LogP contribution in [-0.4, -0.2) is 46.5 Å². The molecule has 0 atom stereocenters. The summed E-state index contributed by atoms with van der Waals surface area (Å²) < 4.78 is 6.66. The van der Waals surface area contributed by atoms with E-state index in [1.807, 2.05) is 13.1 Å². The van der Waals surface area contributed by atoms with Gasteiger partial charge in [0.2, 0.25) is 0 Å². The van der Waals surface area contributed by atoms with Crippen molar-refractivity contribution in [1.29, 1.82) is 0 Å². The molecule has 0 saturated carbocycles. The van der Waals surface area contributed by atoms with Gasteiger partial charge in [-0.15, -0.1) is 11.3 Å². The molecular formula is C14H19N3O4S. The van der Waals surface area contributed by atoms with Crippen molar-refractivity contribution in [2.75, 3.05) is 19.8 Å². The number of nitrogens with one attached hydrogen (secondary N) is 1. The highest BCUT2D eigenvalue weighted by atomic mass is 32.1. The predicted octanol–water partition coefficient (Wildman–Crippen LogP) is 1.59. The second-order valence-electron chi connectivity index (χ2n) is 5.20. The first kappa shape index (κ1) is 16.4. The summed E-state index contributed by atoms with van der Waals surface area (Å²) in [4.78, 5) is 24.0. The van der Waals surface area contributed by atoms with Crippen LogP contribution in [0.5, 0.6) is 0 Å². The zero-order valence-corrected chi connectivity index (χ0v) is 13.6. The molecule has 2 rings (SSSR count). The van der Waals surface area contributed by atoms with E-state index in [1.165, 1.54) is 11.3 Å². The lowest BCUT2D eigenvalue weighted by atomic mass is 10.1. The van der Waals surface area contributed by atoms with Crippen LogP contribution in [0.2, 0.25) is 0 Å². The molecule has 22 heavy (non-hydrogen) atoms. The van der Waals surface area contributed by atoms with Crippen LogP contribution in [-0.2, 0) is 16.6 Å². The highest BCUT2D eigenvalue weighted by Gasteiger charge is 2.18. The van der Waals surface area contributed by atoms with Gasteiger partial charge in [0.15, 0.2) is 0 Å². The zero-order valence-electron chi connectivity index (χ0n) is 12.8. The Labute approximate surface area is 131 Å². The van der Waals surface area contributed by atoms with Gasteiger partial charge in [-0.05, 0) is 12.0 Å². The number of amides is 1. The van der Waals surface area contributed by atoms with Gasteiger partial charge in [0.1, 0.15) is 11.4 Å². The standard InChI is InChI=1S/C14H19N3O4S/c1-8(2)12-9-6-10(22-14(9)17(3)16-12)13(20)15-4-5-21-7-11(18)19/h6,8H,4-5,7H2,1-3H3,(H,15,20)(H,18,19). The minimum Gasteiger partial charge on any atom is -0.480 e. The van der Waals surface area contributed by atoms with Crippen LogP contribution in [0.15, 0.2) is 6.07 Å². The quantitative estimate of drug-likeness (QED) is 0.754. The molecule has 0 spiro atoms. The molecule has 0 unspecified atom stereocenters. The maximum atomic E-state index is 12.1. The van der Waals surface area contributed by atoms with Gasteiger partial charge in [0.25, 0.3) is 5.91 Å². The number of rotatable bonds is 7. The molecule has 0 aliphatic rings. The summed E-state index contributed by atoms with van der Waals surface area (Å²) in [7, 11) is 1.87. The maximum absolute atomic E-state index is 12.1. The van der Waals surface area contributed by atoms with Crippen LogP contribution in [0.25, 0.3) is 10.2 Å². The highest BCUT2D eigenvalue weighted by molar-refractivity contribution is 7.20. The summed E-state index contributed by atoms with van der Waals surface area (Å²) in [6.45, 7) is 4.22. The molecule has 120 valence electrons. The molecule has 0 fully saturated rings. The number of hydrogen-bond acceptors (Lipinski definition) is 5. The second-order valence-corrected chi connectivity index (χ2v) is 6.23. The van der Waals surface area contributed by atoms with Crippen molar-refractivity contribution in [1.82, 2.24) is 15.1 Å². The lowest BCUT2D eigenvalue weighted by Gasteiger charge is -2.03. The van der Waals surface area contributed by atoms with Crippen LogP contribution in [0.1, 0.15) is 35.1 Å². The molecule has 0 aliphatic heterocycles. The Morgan fingerprint density at radius 1 is 1.50 bits per heavy atom. The van der Waals surface area contributed by atoms with Crippen molar-refractivity contribution in [2.45, 2.75) is 19.8 Å². The van der Waals surface area contributed by atoms with Gasteiger partial charge in [-0.3, -0.25) is 9.48 Å². The summed E-state index contributed by atoms with van der Waals surface area (Å²) in [5.74, 6) is -0.919. The summed E-state index contributed by atoms with van der Waals surface area (Å²) in [5.41, 5.74) is 0.984. The third-order valence-corrected chi connectivity index (χ3v) is 4.27. The molecular weight excluding hydrogens is 306 g/mol. The number of thiophene rings is 1. The van der Waals surface area contributed by atoms with Gasteiger partial charge in [0.05, 0.1) is 17.2 Å². The van der Waals surface area contributed by atoms with E-state index in [4.69, 9.17) is 9.84 Å². The van der Waals surface area contributed by atoms with E-state index >= 15 is 0 Å². The van der Waals surface area contributed by atoms with E-state index in [0.717, 1.165) is 15.9 Å². The molecule has 0 radical (unpaired) electrons. The number of aliphatic carboxylic acids is 1. The van der Waals surface area contributed by atoms with Gasteiger partial charge in [-0.1, -0.05) is 13.8 Å². The van der Waals surface area contributed by atoms with Gasteiger partial charge in [-0.25, -0.2) is 4.79 Å². The number of carbonyl (C=O) groups is 2. The number of hydrogen-bond donors (Lipinski definition) is 2. The minimum absolute atomic E-state index is 0.168. The number of ether oxygens (including phenoxy) is 1. The Morgan fingerprint density at radius 3 is 2.86 bits per heavy atom. The predicted molar refractivity (Wildman–Crippen MR) is 83.5 cm³/mol. The van der Waals surface area contributed by atoms with Crippen LogP contribution in [0.3, 0.4) is 0 Å². The average molecular weight is 325 g/mol. The van der Waals surface area contributed by atoms with Crippen molar-refractivity contribution in [2.24, 2.45) is 7.05 Å². The summed E-state index contributed by atoms with van der Waals surface area (Å²) >= 11 is 1.39. The van der Waals surface area contributed by atoms with Crippen LogP contribution >= 0.6 is 11.3 Å². The first-order valence-electron chi connectivity index (χ1n) is 6.94. The zero-order chi connectivity index (χ0) is 16.3. The monoisotopic (exact) mass is 325 g/mol. The highest BCUT2D eigenvalue weighted by Crippen LogP contribution is 2.31. The summed E-state index contributed by atoms with van der Waals surface area (Å²) in [5, 5.41) is 16.6. The van der Waals surface area contributed by atoms with E-state index in [9.17, 15) is 9.59 Å². The van der Waals surface area contributed by atoms with Gasteiger partial charge >= 0.3 is 5.97 Å². The third kappa shape index (κ3) is 3.63. The normalized spacial score (nSPS) is 11.3. The summed E-state index contributed by atoms with van der Waals surface area (Å²) in [6.07, 6.45) is 0. The van der Waals surface area contributed by atoms with Crippen molar-refractivity contribution < 1.29 is 19.4 Å². The molecule has 7 nitrogen and oxygen atoms in total. The Balaban J connectivity index is 2.00. The first-order chi connectivity index (χ1) is 10.4. The number of aryl methyl sites for hydroxylation is 1. The van der Waals surface area contributed by atoms with E-state index in [-0.39, 0.29) is 25.7 Å². The number of carboxylic acids is 1. The van der Waals surface area contributed by atoms with E-state index in [0.29, 0.717) is 10.8 Å². The Bertz CT molecular complexity index is 690. The van der Waals surface area contributed by atoms with Crippen LogP contribution < -0.4 is 5.32 Å². The average Bonchev–Trinajstić information content (AvgIpc) is 2.99. The maximum Gasteiger partial charge on any atom is 0.329 e. The summed E-state index contributed by atoms with van der Waals surface area (Å²) in [6, 6.07) is 1.86. The van der Waals surface area contributed by atoms with E-state index < -0.39 is 5.97 Å². The second kappa shape index (κ2) is 6.89. The van der Waals surface area contributed by atoms with E-state index in [2.05, 4.69) is 24.3 Å². The molecule has 1 amide bonds. The number of carboxylic acid groups (broad SMARTS) is 1. The molecule has 2 heterocycles. The number of aromatic nitrogens is 2. The fourth-order valence-electron chi connectivity index (χ4n) is 2.09. The molecule has 2 aromatic rings. The van der Waals surface area contributed by atoms with Gasteiger partial charge in [0, 0.05) is 19.0 Å². The minimum atomic E-state index is -1.02. The SMILES string of the molecule is CC(C)c1nn(C)c2sc(C(=O)NCCOCC(=O)O)cc12. The van der Waals surface area contributed by atoms with Gasteiger partial charge < -0.3 is 15.2 Å². The molecule has 8 heteroatoms. The molecule has 0 saturated heterocycles. The topological polar surface area (TPSA) is 93.5 Å². The Kier molecular flexibility index (Phi) is 5.15. The lowest BCUT2D eigenvalue weighted by Crippen LogP contribution is -2.27. The van der Waals surface area contributed by atoms with Crippen molar-refractivity contribution in [3.05, 3.63) is 16.6 Å². The van der Waals surface area contributed by atoms with Crippen LogP contribution in [0.4, 0.5) is 0 Å². The molecule has 2 aromatic heterocycles. The largest absolute Gasteiger partial charge is 0.480 e. The Morgan fingerprint density at radius 2 is 2.23 bits per heavy atom. The fourth-order valence-corrected chi connectivity index (χ4v) is 3.08. The molecule has 0 bridgehead atoms. The van der Waals surface area contributed by atoms with Crippen LogP contribution in [0, 0.1) is 0 Å². The smallest absolute Gasteiger partial charge is 0.329 e. The number of fused-ring (bicyclic) bond motifs is 1. The van der Waals surface area contributed by atoms with Crippen molar-refractivity contribution in [3.8, 4) is 0 Å². The van der Waals surface area contributed by atoms with Crippen molar-refractivity contribution in [3.63, 3.8) is 0 Å². The van der Waals surface area contributed by atoms with Gasteiger partial charge in [-0.2, -0.15) is 5.10 Å². The number of nitrogens with zero attached hydrogens (tertiary/aromatic N) is 2. The molecule has 0 aromatic carbocycles. The fraction of sp³-hybridized carbons (Fsp3) is 0.500. The van der Waals surface area contributed by atoms with E-state index in [1.54, 1.807) is 4.68 Å². The third-order valence-electron chi connectivity index (χ3n) is 3.07. The lowest BCUT2D eigenvalue weighted by molar-refractivity contribution is -0.142. The molecule has 0 aliphatic carbocycles. The van der Waals surface area contributed by atoms with Crippen molar-refractivity contribution >= 4 is 33.4 Å². The molecule has 2 N–H and O–H groups in total. The number of carbonyl (C=O) groups excluding carboxylic acids is 1.